The molecule has 1 amide bonds. The number of nitrogens with one attached hydrogen (secondary N) is 1. The lowest BCUT2D eigenvalue weighted by atomic mass is 9.98. The first-order chi connectivity index (χ1) is 12.0. The second-order valence-electron chi connectivity index (χ2n) is 6.76. The minimum Gasteiger partial charge on any atom is -0.465 e. The Labute approximate surface area is 143 Å². The summed E-state index contributed by atoms with van der Waals surface area (Å²) in [5.41, 5.74) is 1.70. The molecule has 0 aliphatic carbocycles. The van der Waals surface area contributed by atoms with Crippen LogP contribution in [0.25, 0.3) is 11.0 Å². The monoisotopic (exact) mass is 346 g/mol. The third kappa shape index (κ3) is 2.86. The largest absolute Gasteiger partial charge is 0.465 e. The Morgan fingerprint density at radius 1 is 1.36 bits per heavy atom. The molecule has 0 spiro atoms. The van der Waals surface area contributed by atoms with Crippen molar-refractivity contribution in [1.82, 2.24) is 19.8 Å². The van der Waals surface area contributed by atoms with Gasteiger partial charge < -0.3 is 19.9 Å². The quantitative estimate of drug-likeness (QED) is 0.876. The molecule has 2 N–H and O–H groups in total. The first kappa shape index (κ1) is 16.0. The molecule has 25 heavy (non-hydrogen) atoms. The van der Waals surface area contributed by atoms with E-state index in [9.17, 15) is 14.0 Å². The fraction of sp³-hybridized carbons (Fsp3) is 0.471. The Bertz CT molecular complexity index is 889. The molecule has 2 aliphatic heterocycles. The summed E-state index contributed by atoms with van der Waals surface area (Å²) >= 11 is 0. The van der Waals surface area contributed by atoms with Crippen LogP contribution in [0.15, 0.2) is 23.1 Å². The van der Waals surface area contributed by atoms with Crippen LogP contribution in [0.1, 0.15) is 24.3 Å². The van der Waals surface area contributed by atoms with E-state index in [4.69, 9.17) is 5.11 Å². The average Bonchev–Trinajstić information content (AvgIpc) is 2.96. The van der Waals surface area contributed by atoms with Gasteiger partial charge in [-0.2, -0.15) is 0 Å². The molecule has 4 heterocycles. The summed E-state index contributed by atoms with van der Waals surface area (Å²) in [5, 5.41) is 11.3. The zero-order valence-corrected chi connectivity index (χ0v) is 13.6. The Kier molecular flexibility index (Phi) is 3.91. The van der Waals surface area contributed by atoms with Crippen molar-refractivity contribution >= 4 is 17.1 Å². The number of hydrogen-bond donors (Lipinski definition) is 2. The van der Waals surface area contributed by atoms with Gasteiger partial charge in [-0.15, -0.1) is 0 Å². The normalized spacial score (nSPS) is 20.9. The molecule has 1 unspecified atom stereocenters. The van der Waals surface area contributed by atoms with Crippen molar-refractivity contribution in [1.29, 1.82) is 0 Å². The minimum atomic E-state index is -0.995. The van der Waals surface area contributed by atoms with Gasteiger partial charge in [-0.25, -0.2) is 9.18 Å². The summed E-state index contributed by atoms with van der Waals surface area (Å²) in [4.78, 5) is 29.2. The Morgan fingerprint density at radius 2 is 2.12 bits per heavy atom. The van der Waals surface area contributed by atoms with Gasteiger partial charge in [-0.05, 0) is 18.9 Å². The van der Waals surface area contributed by atoms with Crippen molar-refractivity contribution in [3.63, 3.8) is 0 Å². The van der Waals surface area contributed by atoms with Gasteiger partial charge in [0.15, 0.2) is 0 Å². The molecular formula is C17H19FN4O3. The van der Waals surface area contributed by atoms with Gasteiger partial charge in [0.1, 0.15) is 5.82 Å². The molecule has 7 nitrogen and oxygen atoms in total. The predicted molar refractivity (Wildman–Crippen MR) is 89.3 cm³/mol. The fourth-order valence-electron chi connectivity index (χ4n) is 4.04. The zero-order valence-electron chi connectivity index (χ0n) is 13.6. The lowest BCUT2D eigenvalue weighted by molar-refractivity contribution is 0.163. The minimum absolute atomic E-state index is 0.0264. The maximum absolute atomic E-state index is 14.4. The number of amides is 1. The number of pyridine rings is 2. The molecule has 4 rings (SSSR count). The lowest BCUT2D eigenvalue weighted by Gasteiger charge is -2.33. The van der Waals surface area contributed by atoms with E-state index in [1.165, 1.54) is 12.3 Å². The third-order valence-corrected chi connectivity index (χ3v) is 5.20. The molecule has 0 aromatic carbocycles. The summed E-state index contributed by atoms with van der Waals surface area (Å²) < 4.78 is 16.0. The summed E-state index contributed by atoms with van der Waals surface area (Å²) in [5.74, 6) is -0.457. The molecule has 0 bridgehead atoms. The topological polar surface area (TPSA) is 87.5 Å². The van der Waals surface area contributed by atoms with Crippen molar-refractivity contribution < 1.29 is 14.3 Å². The van der Waals surface area contributed by atoms with Crippen molar-refractivity contribution in [2.75, 3.05) is 19.6 Å². The van der Waals surface area contributed by atoms with E-state index in [-0.39, 0.29) is 23.3 Å². The van der Waals surface area contributed by atoms with Gasteiger partial charge in [0.2, 0.25) is 0 Å². The van der Waals surface area contributed by atoms with E-state index in [0.717, 1.165) is 25.9 Å². The van der Waals surface area contributed by atoms with E-state index < -0.39 is 6.09 Å². The fourth-order valence-corrected chi connectivity index (χ4v) is 4.04. The highest BCUT2D eigenvalue weighted by Crippen LogP contribution is 2.34. The number of nitrogens with zero attached hydrogens (tertiary/aromatic N) is 3. The van der Waals surface area contributed by atoms with Gasteiger partial charge in [0, 0.05) is 49.8 Å². The van der Waals surface area contributed by atoms with Gasteiger partial charge >= 0.3 is 6.09 Å². The molecule has 0 radical (unpaired) electrons. The van der Waals surface area contributed by atoms with Crippen LogP contribution in [0.5, 0.6) is 0 Å². The van der Waals surface area contributed by atoms with Crippen LogP contribution >= 0.6 is 0 Å². The summed E-state index contributed by atoms with van der Waals surface area (Å²) in [6, 6.07) is 3.09. The zero-order chi connectivity index (χ0) is 17.6. The van der Waals surface area contributed by atoms with Crippen LogP contribution < -0.4 is 10.9 Å². The standard InChI is InChI=1S/C17H19FN4O3/c18-12-7-19-13-1-2-14(23)22-9-10(15(12)16(13)22)8-21-5-3-11(4-6-21)20-17(24)25/h1-2,7,10-11,20H,3-6,8-9H2,(H,24,25). The molecule has 8 heteroatoms. The van der Waals surface area contributed by atoms with Crippen LogP contribution in [0.2, 0.25) is 0 Å². The molecule has 1 saturated heterocycles. The number of piperidine rings is 1. The van der Waals surface area contributed by atoms with Crippen LogP contribution in [-0.2, 0) is 6.54 Å². The SMILES string of the molecule is O=C(O)NC1CCN(CC2Cn3c(=O)ccc4ncc(F)c2c43)CC1. The van der Waals surface area contributed by atoms with E-state index in [2.05, 4.69) is 15.2 Å². The summed E-state index contributed by atoms with van der Waals surface area (Å²) in [6.45, 7) is 2.61. The highest BCUT2D eigenvalue weighted by Gasteiger charge is 2.31. The average molecular weight is 346 g/mol. The van der Waals surface area contributed by atoms with E-state index in [1.54, 1.807) is 10.6 Å². The predicted octanol–water partition coefficient (Wildman–Crippen LogP) is 1.36. The summed E-state index contributed by atoms with van der Waals surface area (Å²) in [7, 11) is 0. The molecule has 2 aromatic rings. The van der Waals surface area contributed by atoms with E-state index in [1.807, 2.05) is 0 Å². The second kappa shape index (κ2) is 6.11. The maximum Gasteiger partial charge on any atom is 0.404 e. The summed E-state index contributed by atoms with van der Waals surface area (Å²) in [6.07, 6.45) is 1.71. The van der Waals surface area contributed by atoms with Crippen LogP contribution in [0, 0.1) is 5.82 Å². The molecule has 1 atom stereocenters. The highest BCUT2D eigenvalue weighted by atomic mass is 19.1. The molecule has 2 aliphatic rings. The third-order valence-electron chi connectivity index (χ3n) is 5.20. The Morgan fingerprint density at radius 3 is 2.84 bits per heavy atom. The van der Waals surface area contributed by atoms with Crippen molar-refractivity contribution in [3.05, 3.63) is 40.1 Å². The molecule has 132 valence electrons. The number of halogens is 1. The smallest absolute Gasteiger partial charge is 0.404 e. The van der Waals surface area contributed by atoms with Crippen molar-refractivity contribution in [3.8, 4) is 0 Å². The first-order valence-electron chi connectivity index (χ1n) is 8.42. The van der Waals surface area contributed by atoms with Crippen LogP contribution in [0.4, 0.5) is 9.18 Å². The number of aromatic nitrogens is 2. The first-order valence-corrected chi connectivity index (χ1v) is 8.42. The van der Waals surface area contributed by atoms with Crippen LogP contribution in [0.3, 0.4) is 0 Å². The van der Waals surface area contributed by atoms with Gasteiger partial charge in [0.25, 0.3) is 5.56 Å². The Hall–Kier alpha value is -2.48. The van der Waals surface area contributed by atoms with E-state index >= 15 is 0 Å². The number of hydrogen-bond acceptors (Lipinski definition) is 4. The van der Waals surface area contributed by atoms with Crippen LogP contribution in [-0.4, -0.2) is 51.3 Å². The van der Waals surface area contributed by atoms with Gasteiger partial charge in [-0.3, -0.25) is 9.78 Å². The number of carbonyl (C=O) groups is 1. The second-order valence-corrected chi connectivity index (χ2v) is 6.76. The van der Waals surface area contributed by atoms with Gasteiger partial charge in [0.05, 0.1) is 17.2 Å². The lowest BCUT2D eigenvalue weighted by Crippen LogP contribution is -2.45. The van der Waals surface area contributed by atoms with Gasteiger partial charge in [-0.1, -0.05) is 0 Å². The number of carboxylic acid groups (broad SMARTS) is 1. The molecular weight excluding hydrogens is 327 g/mol. The number of rotatable bonds is 3. The Balaban J connectivity index is 1.53. The van der Waals surface area contributed by atoms with E-state index in [0.29, 0.717) is 29.7 Å². The highest BCUT2D eigenvalue weighted by molar-refractivity contribution is 5.80. The molecule has 1 fully saturated rings. The van der Waals surface area contributed by atoms with Crippen molar-refractivity contribution in [2.24, 2.45) is 0 Å². The molecule has 0 saturated carbocycles. The number of likely N-dealkylation sites (tertiary alicyclic amines) is 1. The molecule has 2 aromatic heterocycles. The maximum atomic E-state index is 14.4. The van der Waals surface area contributed by atoms with Crippen molar-refractivity contribution in [2.45, 2.75) is 31.3 Å².